The number of pyridine rings is 1. The molecule has 0 spiro atoms. The second-order valence-electron chi connectivity index (χ2n) is 6.09. The van der Waals surface area contributed by atoms with Gasteiger partial charge in [0.1, 0.15) is 11.5 Å². The number of hydrogen-bond donors (Lipinski definition) is 1. The zero-order valence-electron chi connectivity index (χ0n) is 12.7. The maximum Gasteiger partial charge on any atom is 0.137 e. The topological polar surface area (TPSA) is 48.1 Å². The minimum Gasteiger partial charge on any atom is -0.492 e. The third-order valence-electron chi connectivity index (χ3n) is 3.81. The van der Waals surface area contributed by atoms with Crippen molar-refractivity contribution in [2.24, 2.45) is 5.41 Å². The van der Waals surface area contributed by atoms with E-state index < -0.39 is 0 Å². The van der Waals surface area contributed by atoms with E-state index in [1.807, 2.05) is 19.1 Å². The van der Waals surface area contributed by atoms with Crippen molar-refractivity contribution in [3.05, 3.63) is 36.2 Å². The smallest absolute Gasteiger partial charge is 0.137 e. The first-order valence-corrected chi connectivity index (χ1v) is 7.21. The molecular formula is C17H24N2O. The molecule has 0 bridgehead atoms. The molecule has 0 fully saturated rings. The highest BCUT2D eigenvalue weighted by molar-refractivity contribution is 5.74. The average Bonchev–Trinajstić information content (AvgIpc) is 2.40. The third kappa shape index (κ3) is 3.21. The molecule has 0 aromatic carbocycles. The number of aromatic nitrogens is 1. The Kier molecular flexibility index (Phi) is 4.17. The van der Waals surface area contributed by atoms with Crippen molar-refractivity contribution in [2.75, 3.05) is 12.3 Å². The lowest BCUT2D eigenvalue weighted by Crippen LogP contribution is -2.15. The molecule has 1 aliphatic carbocycles. The van der Waals surface area contributed by atoms with Crippen molar-refractivity contribution in [1.29, 1.82) is 0 Å². The summed E-state index contributed by atoms with van der Waals surface area (Å²) in [5.74, 6) is 0.602. The first-order chi connectivity index (χ1) is 9.43. The molecule has 3 heteroatoms. The lowest BCUT2D eigenvalue weighted by Gasteiger charge is -2.28. The van der Waals surface area contributed by atoms with E-state index in [-0.39, 0.29) is 0 Å². The second-order valence-corrected chi connectivity index (χ2v) is 6.09. The van der Waals surface area contributed by atoms with E-state index in [1.54, 1.807) is 0 Å². The number of rotatable bonds is 4. The SMILES string of the molecule is C=C(OCC)c1ccc(N)c(C2=CCC(C)(C)CC2)n1. The summed E-state index contributed by atoms with van der Waals surface area (Å²) in [4.78, 5) is 4.64. The normalized spacial score (nSPS) is 17.4. The zero-order chi connectivity index (χ0) is 14.8. The summed E-state index contributed by atoms with van der Waals surface area (Å²) in [6.45, 7) is 11.0. The monoisotopic (exact) mass is 272 g/mol. The quantitative estimate of drug-likeness (QED) is 0.833. The van der Waals surface area contributed by atoms with Gasteiger partial charge in [0.2, 0.25) is 0 Å². The summed E-state index contributed by atoms with van der Waals surface area (Å²) in [6, 6.07) is 3.76. The summed E-state index contributed by atoms with van der Waals surface area (Å²) < 4.78 is 5.43. The fraction of sp³-hybridized carbons (Fsp3) is 0.471. The average molecular weight is 272 g/mol. The molecule has 0 radical (unpaired) electrons. The largest absolute Gasteiger partial charge is 0.492 e. The van der Waals surface area contributed by atoms with Gasteiger partial charge in [0.05, 0.1) is 18.0 Å². The maximum absolute atomic E-state index is 6.09. The Bertz CT molecular complexity index is 544. The number of nitrogens with zero attached hydrogens (tertiary/aromatic N) is 1. The number of nitrogen functional groups attached to an aromatic ring is 1. The zero-order valence-corrected chi connectivity index (χ0v) is 12.7. The summed E-state index contributed by atoms with van der Waals surface area (Å²) in [7, 11) is 0. The number of hydrogen-bond acceptors (Lipinski definition) is 3. The number of allylic oxidation sites excluding steroid dienone is 2. The van der Waals surface area contributed by atoms with Crippen LogP contribution < -0.4 is 5.73 Å². The predicted molar refractivity (Wildman–Crippen MR) is 84.9 cm³/mol. The van der Waals surface area contributed by atoms with Gasteiger partial charge in [-0.2, -0.15) is 0 Å². The van der Waals surface area contributed by atoms with Crippen LogP contribution in [0.4, 0.5) is 5.69 Å². The Morgan fingerprint density at radius 2 is 2.20 bits per heavy atom. The molecule has 0 saturated heterocycles. The van der Waals surface area contributed by atoms with Gasteiger partial charge in [0, 0.05) is 0 Å². The van der Waals surface area contributed by atoms with Gasteiger partial charge >= 0.3 is 0 Å². The molecule has 1 aromatic heterocycles. The molecule has 108 valence electrons. The Labute approximate surface area is 121 Å². The summed E-state index contributed by atoms with van der Waals surface area (Å²) >= 11 is 0. The van der Waals surface area contributed by atoms with E-state index in [9.17, 15) is 0 Å². The lowest BCUT2D eigenvalue weighted by molar-refractivity contribution is 0.297. The fourth-order valence-corrected chi connectivity index (χ4v) is 2.42. The molecule has 0 unspecified atom stereocenters. The second kappa shape index (κ2) is 5.70. The van der Waals surface area contributed by atoms with Crippen LogP contribution in [0.15, 0.2) is 24.8 Å². The Hall–Kier alpha value is -1.77. The highest BCUT2D eigenvalue weighted by Gasteiger charge is 2.23. The molecule has 0 aliphatic heterocycles. The van der Waals surface area contributed by atoms with E-state index >= 15 is 0 Å². The summed E-state index contributed by atoms with van der Waals surface area (Å²) in [5, 5.41) is 0. The van der Waals surface area contributed by atoms with Crippen LogP contribution in [0, 0.1) is 5.41 Å². The first kappa shape index (κ1) is 14.6. The van der Waals surface area contributed by atoms with Crippen LogP contribution in [0.3, 0.4) is 0 Å². The molecule has 2 N–H and O–H groups in total. The molecule has 20 heavy (non-hydrogen) atoms. The summed E-state index contributed by atoms with van der Waals surface area (Å²) in [6.07, 6.45) is 5.53. The molecule has 0 atom stereocenters. The molecule has 0 amide bonds. The van der Waals surface area contributed by atoms with Crippen LogP contribution in [0.25, 0.3) is 11.3 Å². The maximum atomic E-state index is 6.09. The van der Waals surface area contributed by atoms with Gasteiger partial charge in [-0.3, -0.25) is 0 Å². The van der Waals surface area contributed by atoms with E-state index in [1.165, 1.54) is 5.57 Å². The molecular weight excluding hydrogens is 248 g/mol. The van der Waals surface area contributed by atoms with Gasteiger partial charge in [0.15, 0.2) is 0 Å². The minimum absolute atomic E-state index is 0.380. The van der Waals surface area contributed by atoms with Crippen LogP contribution in [-0.4, -0.2) is 11.6 Å². The van der Waals surface area contributed by atoms with E-state index in [2.05, 4.69) is 31.5 Å². The lowest BCUT2D eigenvalue weighted by atomic mass is 9.77. The van der Waals surface area contributed by atoms with Crippen LogP contribution in [0.1, 0.15) is 51.4 Å². The molecule has 3 nitrogen and oxygen atoms in total. The van der Waals surface area contributed by atoms with Crippen LogP contribution in [0.5, 0.6) is 0 Å². The van der Waals surface area contributed by atoms with Gasteiger partial charge in [-0.15, -0.1) is 0 Å². The van der Waals surface area contributed by atoms with E-state index in [0.29, 0.717) is 17.8 Å². The van der Waals surface area contributed by atoms with Crippen molar-refractivity contribution in [3.63, 3.8) is 0 Å². The van der Waals surface area contributed by atoms with Gasteiger partial charge < -0.3 is 10.5 Å². The molecule has 1 aliphatic rings. The number of nitrogens with two attached hydrogens (primary N) is 1. The Morgan fingerprint density at radius 1 is 1.45 bits per heavy atom. The van der Waals surface area contributed by atoms with Gasteiger partial charge in [-0.25, -0.2) is 4.98 Å². The van der Waals surface area contributed by atoms with Crippen molar-refractivity contribution >= 4 is 17.0 Å². The first-order valence-electron chi connectivity index (χ1n) is 7.21. The highest BCUT2D eigenvalue weighted by atomic mass is 16.5. The van der Waals surface area contributed by atoms with Crippen molar-refractivity contribution in [2.45, 2.75) is 40.0 Å². The standard InChI is InChI=1S/C17H24N2O/c1-5-20-12(2)15-7-6-14(18)16(19-15)13-8-10-17(3,4)11-9-13/h6-8H,2,5,9-11,18H2,1,3-4H3. The Balaban J connectivity index is 2.30. The molecule has 1 aromatic rings. The van der Waals surface area contributed by atoms with Crippen LogP contribution in [0.2, 0.25) is 0 Å². The van der Waals surface area contributed by atoms with Gasteiger partial charge in [-0.05, 0) is 49.3 Å². The molecule has 0 saturated carbocycles. The predicted octanol–water partition coefficient (Wildman–Crippen LogP) is 4.26. The third-order valence-corrected chi connectivity index (χ3v) is 3.81. The van der Waals surface area contributed by atoms with Gasteiger partial charge in [-0.1, -0.05) is 26.5 Å². The highest BCUT2D eigenvalue weighted by Crippen LogP contribution is 2.38. The van der Waals surface area contributed by atoms with Crippen molar-refractivity contribution in [3.8, 4) is 0 Å². The van der Waals surface area contributed by atoms with Gasteiger partial charge in [0.25, 0.3) is 0 Å². The van der Waals surface area contributed by atoms with Crippen molar-refractivity contribution in [1.82, 2.24) is 4.98 Å². The minimum atomic E-state index is 0.380. The Morgan fingerprint density at radius 3 is 2.80 bits per heavy atom. The van der Waals surface area contributed by atoms with E-state index in [4.69, 9.17) is 10.5 Å². The van der Waals surface area contributed by atoms with Crippen molar-refractivity contribution < 1.29 is 4.74 Å². The van der Waals surface area contributed by atoms with Crippen LogP contribution >= 0.6 is 0 Å². The number of anilines is 1. The molecule has 1 heterocycles. The fourth-order valence-electron chi connectivity index (χ4n) is 2.42. The summed E-state index contributed by atoms with van der Waals surface area (Å²) in [5.41, 5.74) is 10.1. The molecule has 2 rings (SSSR count). The van der Waals surface area contributed by atoms with E-state index in [0.717, 1.165) is 36.3 Å². The van der Waals surface area contributed by atoms with Crippen LogP contribution in [-0.2, 0) is 4.74 Å². The number of ether oxygens (including phenoxy) is 1.